The van der Waals surface area contributed by atoms with E-state index in [4.69, 9.17) is 0 Å². The van der Waals surface area contributed by atoms with Crippen molar-refractivity contribution in [1.82, 2.24) is 10.4 Å². The zero-order valence-electron chi connectivity index (χ0n) is 11.4. The van der Waals surface area contributed by atoms with E-state index in [0.717, 1.165) is 25.3 Å². The molecule has 0 spiro atoms. The van der Waals surface area contributed by atoms with Gasteiger partial charge in [-0.2, -0.15) is 13.9 Å². The quantitative estimate of drug-likeness (QED) is 0.419. The molecule has 0 bridgehead atoms. The maximum Gasteiger partial charge on any atom is 0.299 e. The van der Waals surface area contributed by atoms with Crippen molar-refractivity contribution in [3.05, 3.63) is 33.3 Å². The molecule has 0 amide bonds. The van der Waals surface area contributed by atoms with Crippen molar-refractivity contribution in [2.45, 2.75) is 24.5 Å². The summed E-state index contributed by atoms with van der Waals surface area (Å²) in [4.78, 5) is 16.9. The van der Waals surface area contributed by atoms with Crippen molar-refractivity contribution in [2.75, 3.05) is 13.1 Å². The molecule has 2 N–H and O–H groups in total. The molecule has 0 aromatic heterocycles. The van der Waals surface area contributed by atoms with E-state index in [0.29, 0.717) is 18.8 Å². The molecule has 2 heterocycles. The molecule has 120 valence electrons. The summed E-state index contributed by atoms with van der Waals surface area (Å²) in [5.74, 6) is 0. The van der Waals surface area contributed by atoms with Crippen LogP contribution in [-0.2, 0) is 15.1 Å². The van der Waals surface area contributed by atoms with Crippen LogP contribution in [0.1, 0.15) is 19.3 Å². The minimum atomic E-state index is -4.68. The molecular weight excluding hydrogens is 316 g/mol. The van der Waals surface area contributed by atoms with Gasteiger partial charge in [0.15, 0.2) is 16.7 Å². The van der Waals surface area contributed by atoms with Crippen LogP contribution in [0.25, 0.3) is 0 Å². The molecule has 0 saturated carbocycles. The van der Waals surface area contributed by atoms with E-state index in [9.17, 15) is 23.1 Å². The molecule has 3 rings (SSSR count). The predicted molar refractivity (Wildman–Crippen MR) is 74.5 cm³/mol. The van der Waals surface area contributed by atoms with Gasteiger partial charge in [-0.25, -0.2) is 0 Å². The van der Waals surface area contributed by atoms with Gasteiger partial charge in [-0.05, 0) is 30.5 Å². The molecular formula is C11H14N4O6S. The highest BCUT2D eigenvalue weighted by Gasteiger charge is 2.46. The maximum absolute atomic E-state index is 11.6. The number of rotatable bonds is 3. The molecule has 3 aliphatic rings. The van der Waals surface area contributed by atoms with Crippen molar-refractivity contribution in [2.24, 2.45) is 5.16 Å². The number of nitrogens with zero attached hydrogens (tertiary/aromatic N) is 3. The van der Waals surface area contributed by atoms with Crippen molar-refractivity contribution >= 4 is 15.8 Å². The van der Waals surface area contributed by atoms with E-state index in [1.54, 1.807) is 0 Å². The summed E-state index contributed by atoms with van der Waals surface area (Å²) < 4.78 is 32.5. The Morgan fingerprint density at radius 3 is 2.68 bits per heavy atom. The highest BCUT2D eigenvalue weighted by molar-refractivity contribution is 7.86. The Kier molecular flexibility index (Phi) is 3.53. The number of nitrogens with one attached hydrogen (secondary N) is 1. The highest BCUT2D eigenvalue weighted by Crippen LogP contribution is 2.31. The molecule has 11 heteroatoms. The summed E-state index contributed by atoms with van der Waals surface area (Å²) in [6, 6.07) is 0. The van der Waals surface area contributed by atoms with Crippen LogP contribution in [0.2, 0.25) is 0 Å². The average molecular weight is 330 g/mol. The average Bonchev–Trinajstić information content (AvgIpc) is 2.94. The van der Waals surface area contributed by atoms with Crippen LogP contribution in [-0.4, -0.2) is 46.8 Å². The first-order valence-electron chi connectivity index (χ1n) is 6.72. The van der Waals surface area contributed by atoms with Gasteiger partial charge in [0.05, 0.1) is 10.6 Å². The summed E-state index contributed by atoms with van der Waals surface area (Å²) >= 11 is 0. The zero-order valence-corrected chi connectivity index (χ0v) is 12.2. The van der Waals surface area contributed by atoms with Crippen LogP contribution >= 0.6 is 0 Å². The van der Waals surface area contributed by atoms with Gasteiger partial charge in [0.25, 0.3) is 15.8 Å². The molecule has 1 saturated heterocycles. The molecule has 22 heavy (non-hydrogen) atoms. The Balaban J connectivity index is 2.10. The lowest BCUT2D eigenvalue weighted by molar-refractivity contribution is -0.427. The normalized spacial score (nSPS) is 25.0. The van der Waals surface area contributed by atoms with Crippen LogP contribution in [0.15, 0.2) is 28.3 Å². The van der Waals surface area contributed by atoms with E-state index < -0.39 is 26.0 Å². The summed E-state index contributed by atoms with van der Waals surface area (Å²) in [5.41, 5.74) is 2.04. The highest BCUT2D eigenvalue weighted by atomic mass is 32.2. The second kappa shape index (κ2) is 5.25. The van der Waals surface area contributed by atoms with Crippen LogP contribution in [0.3, 0.4) is 0 Å². The van der Waals surface area contributed by atoms with E-state index in [-0.39, 0.29) is 11.4 Å². The number of oxime groups is 1. The number of likely N-dealkylation sites (tertiary alicyclic amines) is 1. The fraction of sp³-hybridized carbons (Fsp3) is 0.545. The first-order valence-corrected chi connectivity index (χ1v) is 8.22. The number of nitro groups is 1. The smallest absolute Gasteiger partial charge is 0.299 e. The molecule has 0 aromatic carbocycles. The van der Waals surface area contributed by atoms with Gasteiger partial charge >= 0.3 is 0 Å². The molecule has 1 atom stereocenters. The van der Waals surface area contributed by atoms with Crippen molar-refractivity contribution < 1.29 is 22.8 Å². The van der Waals surface area contributed by atoms with Crippen molar-refractivity contribution in [3.8, 4) is 0 Å². The SMILES string of the molecule is O=[N+]([O-])C1=C2NON=C2C(N2CCCCC2)=CC1S(=O)(=O)O. The lowest BCUT2D eigenvalue weighted by Crippen LogP contribution is -2.40. The topological polar surface area (TPSA) is 134 Å². The second-order valence-corrected chi connectivity index (χ2v) is 6.72. The first-order chi connectivity index (χ1) is 10.4. The van der Waals surface area contributed by atoms with Crippen molar-refractivity contribution in [3.63, 3.8) is 0 Å². The van der Waals surface area contributed by atoms with Crippen LogP contribution in [0.4, 0.5) is 0 Å². The van der Waals surface area contributed by atoms with E-state index in [1.807, 2.05) is 4.90 Å². The van der Waals surface area contributed by atoms with E-state index in [1.165, 1.54) is 0 Å². The minimum absolute atomic E-state index is 0.129. The monoisotopic (exact) mass is 330 g/mol. The Morgan fingerprint density at radius 1 is 1.41 bits per heavy atom. The number of piperidine rings is 1. The Bertz CT molecular complexity index is 704. The Labute approximate surface area is 126 Å². The third-order valence-corrected chi connectivity index (χ3v) is 4.81. The fourth-order valence-corrected chi connectivity index (χ4v) is 3.60. The van der Waals surface area contributed by atoms with E-state index in [2.05, 4.69) is 15.6 Å². The van der Waals surface area contributed by atoms with Gasteiger partial charge in [0.2, 0.25) is 0 Å². The number of fused-ring (bicyclic) bond motifs is 1. The summed E-state index contributed by atoms with van der Waals surface area (Å²) in [6.07, 6.45) is 4.08. The molecule has 1 aliphatic carbocycles. The third-order valence-electron chi connectivity index (χ3n) is 3.81. The molecule has 1 fully saturated rings. The largest absolute Gasteiger partial charge is 0.370 e. The first kappa shape index (κ1) is 14.8. The molecule has 2 aliphatic heterocycles. The summed E-state index contributed by atoms with van der Waals surface area (Å²) in [6.45, 7) is 1.37. The van der Waals surface area contributed by atoms with E-state index >= 15 is 0 Å². The minimum Gasteiger partial charge on any atom is -0.370 e. The van der Waals surface area contributed by atoms with Gasteiger partial charge in [0, 0.05) is 13.1 Å². The van der Waals surface area contributed by atoms with Gasteiger partial charge < -0.3 is 4.90 Å². The Hall–Kier alpha value is -2.14. The molecule has 0 radical (unpaired) electrons. The molecule has 1 unspecified atom stereocenters. The summed E-state index contributed by atoms with van der Waals surface area (Å²) in [5, 5.41) is 13.2. The number of hydroxylamine groups is 1. The van der Waals surface area contributed by atoms with Crippen molar-refractivity contribution in [1.29, 1.82) is 0 Å². The number of hydrogen-bond acceptors (Lipinski definition) is 8. The zero-order chi connectivity index (χ0) is 15.9. The second-order valence-electron chi connectivity index (χ2n) is 5.19. The van der Waals surface area contributed by atoms with Crippen LogP contribution < -0.4 is 5.48 Å². The van der Waals surface area contributed by atoms with Gasteiger partial charge in [0.1, 0.15) is 0 Å². The van der Waals surface area contributed by atoms with Crippen LogP contribution in [0.5, 0.6) is 0 Å². The molecule has 0 aromatic rings. The maximum atomic E-state index is 11.6. The lowest BCUT2D eigenvalue weighted by atomic mass is 10.00. The summed E-state index contributed by atoms with van der Waals surface area (Å²) in [7, 11) is -4.68. The predicted octanol–water partition coefficient (Wildman–Crippen LogP) is 0.00530. The van der Waals surface area contributed by atoms with Crippen LogP contribution in [0, 0.1) is 10.1 Å². The standard InChI is InChI=1S/C11H14N4O6S/c16-15(17)11-8(22(18,19)20)6-7(9-10(11)13-21-12-9)14-4-2-1-3-5-14/h6,8,13H,1-5H2,(H,18,19,20). The van der Waals surface area contributed by atoms with Gasteiger partial charge in [-0.1, -0.05) is 0 Å². The molecule has 10 nitrogen and oxygen atoms in total. The number of hydrogen-bond donors (Lipinski definition) is 2. The van der Waals surface area contributed by atoms with Gasteiger partial charge in [-0.15, -0.1) is 0 Å². The lowest BCUT2D eigenvalue weighted by Gasteiger charge is -2.32. The fourth-order valence-electron chi connectivity index (χ4n) is 2.81. The van der Waals surface area contributed by atoms with Gasteiger partial charge in [-0.3, -0.25) is 19.6 Å². The third kappa shape index (κ3) is 2.41. The Morgan fingerprint density at radius 2 is 2.09 bits per heavy atom.